The van der Waals surface area contributed by atoms with E-state index in [2.05, 4.69) is 0 Å². The molecule has 1 rings (SSSR count). The number of hydrogen-bond donors (Lipinski definition) is 2. The van der Waals surface area contributed by atoms with Gasteiger partial charge in [-0.1, -0.05) is 26.0 Å². The molecule has 2 nitrogen and oxygen atoms in total. The molecule has 0 saturated carbocycles. The summed E-state index contributed by atoms with van der Waals surface area (Å²) >= 11 is 0. The van der Waals surface area contributed by atoms with E-state index in [4.69, 9.17) is 5.11 Å². The summed E-state index contributed by atoms with van der Waals surface area (Å²) in [6.07, 6.45) is 2.32. The Balaban J connectivity index is 2.58. The minimum atomic E-state index is -0.646. The lowest BCUT2D eigenvalue weighted by Crippen LogP contribution is -2.28. The first-order valence-corrected chi connectivity index (χ1v) is 3.67. The van der Waals surface area contributed by atoms with E-state index >= 15 is 0 Å². The summed E-state index contributed by atoms with van der Waals surface area (Å²) in [6, 6.07) is 0. The maximum Gasteiger partial charge on any atom is 0.0985 e. The third kappa shape index (κ3) is 1.22. The zero-order valence-corrected chi connectivity index (χ0v) is 6.36. The van der Waals surface area contributed by atoms with Gasteiger partial charge in [-0.2, -0.15) is 0 Å². The van der Waals surface area contributed by atoms with Crippen LogP contribution in [0.15, 0.2) is 12.2 Å². The normalized spacial score (nSPS) is 39.5. The van der Waals surface area contributed by atoms with Crippen LogP contribution in [-0.4, -0.2) is 22.4 Å². The van der Waals surface area contributed by atoms with Gasteiger partial charge in [0.2, 0.25) is 0 Å². The van der Waals surface area contributed by atoms with Crippen LogP contribution in [0.4, 0.5) is 0 Å². The maximum atomic E-state index is 9.32. The van der Waals surface area contributed by atoms with Gasteiger partial charge in [-0.3, -0.25) is 0 Å². The Bertz CT molecular complexity index is 140. The van der Waals surface area contributed by atoms with E-state index in [9.17, 15) is 5.11 Å². The summed E-state index contributed by atoms with van der Waals surface area (Å²) in [4.78, 5) is 0. The number of rotatable bonds is 1. The molecule has 0 aliphatic heterocycles. The van der Waals surface area contributed by atoms with Gasteiger partial charge in [0.25, 0.3) is 0 Å². The monoisotopic (exact) mass is 142 g/mol. The highest BCUT2D eigenvalue weighted by molar-refractivity contribution is 5.08. The van der Waals surface area contributed by atoms with Crippen molar-refractivity contribution in [3.05, 3.63) is 12.2 Å². The molecule has 0 aromatic heterocycles. The van der Waals surface area contributed by atoms with Crippen molar-refractivity contribution in [2.24, 2.45) is 11.8 Å². The maximum absolute atomic E-state index is 9.32. The summed E-state index contributed by atoms with van der Waals surface area (Å²) in [5.41, 5.74) is 0. The van der Waals surface area contributed by atoms with Gasteiger partial charge in [0.15, 0.2) is 0 Å². The lowest BCUT2D eigenvalue weighted by molar-refractivity contribution is 0.0221. The van der Waals surface area contributed by atoms with Gasteiger partial charge >= 0.3 is 0 Å². The highest BCUT2D eigenvalue weighted by Crippen LogP contribution is 2.25. The minimum Gasteiger partial charge on any atom is -0.389 e. The number of aliphatic hydroxyl groups is 2. The van der Waals surface area contributed by atoms with Crippen LogP contribution < -0.4 is 0 Å². The van der Waals surface area contributed by atoms with Gasteiger partial charge in [0, 0.05) is 5.92 Å². The molecule has 0 bridgehead atoms. The molecule has 1 aliphatic carbocycles. The van der Waals surface area contributed by atoms with Crippen LogP contribution in [0.2, 0.25) is 0 Å². The summed E-state index contributed by atoms with van der Waals surface area (Å²) in [7, 11) is 0. The van der Waals surface area contributed by atoms with Crippen molar-refractivity contribution in [1.82, 2.24) is 0 Å². The van der Waals surface area contributed by atoms with Gasteiger partial charge < -0.3 is 10.2 Å². The van der Waals surface area contributed by atoms with Crippen LogP contribution in [0, 0.1) is 11.8 Å². The van der Waals surface area contributed by atoms with E-state index in [1.165, 1.54) is 0 Å². The predicted octanol–water partition coefficient (Wildman–Crippen LogP) is 0.550. The molecular formula is C8H14O2. The van der Waals surface area contributed by atoms with E-state index in [1.54, 1.807) is 6.08 Å². The molecule has 0 saturated heterocycles. The quantitative estimate of drug-likeness (QED) is 0.525. The Kier molecular flexibility index (Phi) is 2.11. The van der Waals surface area contributed by atoms with Crippen LogP contribution in [0.1, 0.15) is 13.8 Å². The van der Waals surface area contributed by atoms with Crippen molar-refractivity contribution in [3.8, 4) is 0 Å². The van der Waals surface area contributed by atoms with Crippen LogP contribution in [0.3, 0.4) is 0 Å². The average molecular weight is 142 g/mol. The van der Waals surface area contributed by atoms with Gasteiger partial charge in [-0.25, -0.2) is 0 Å². The van der Waals surface area contributed by atoms with Crippen molar-refractivity contribution in [2.75, 3.05) is 0 Å². The fourth-order valence-electron chi connectivity index (χ4n) is 1.31. The zero-order valence-electron chi connectivity index (χ0n) is 6.36. The molecule has 3 atom stereocenters. The van der Waals surface area contributed by atoms with Crippen molar-refractivity contribution >= 4 is 0 Å². The van der Waals surface area contributed by atoms with Crippen LogP contribution in [-0.2, 0) is 0 Å². The molecule has 2 heteroatoms. The van der Waals surface area contributed by atoms with E-state index in [1.807, 2.05) is 19.9 Å². The molecule has 10 heavy (non-hydrogen) atoms. The van der Waals surface area contributed by atoms with Crippen molar-refractivity contribution in [1.29, 1.82) is 0 Å². The Hall–Kier alpha value is -0.340. The standard InChI is InChI=1S/C8H14O2/c1-5(2)6-3-4-7(9)8(6)10/h3-10H,1-2H3. The van der Waals surface area contributed by atoms with Crippen LogP contribution in [0.5, 0.6) is 0 Å². The molecule has 0 spiro atoms. The lowest BCUT2D eigenvalue weighted by atomic mass is 9.93. The molecular weight excluding hydrogens is 128 g/mol. The molecule has 0 radical (unpaired) electrons. The van der Waals surface area contributed by atoms with Crippen molar-refractivity contribution < 1.29 is 10.2 Å². The second-order valence-corrected chi connectivity index (χ2v) is 3.19. The highest BCUT2D eigenvalue weighted by Gasteiger charge is 2.29. The number of aliphatic hydroxyl groups excluding tert-OH is 2. The Morgan fingerprint density at radius 2 is 1.80 bits per heavy atom. The third-order valence-corrected chi connectivity index (χ3v) is 2.04. The first-order chi connectivity index (χ1) is 4.63. The first kappa shape index (κ1) is 7.76. The highest BCUT2D eigenvalue weighted by atomic mass is 16.3. The Morgan fingerprint density at radius 3 is 2.00 bits per heavy atom. The fraction of sp³-hybridized carbons (Fsp3) is 0.750. The molecule has 0 heterocycles. The molecule has 58 valence electrons. The lowest BCUT2D eigenvalue weighted by Gasteiger charge is -2.19. The van der Waals surface area contributed by atoms with Crippen molar-refractivity contribution in [3.63, 3.8) is 0 Å². The van der Waals surface area contributed by atoms with E-state index in [0.29, 0.717) is 5.92 Å². The molecule has 2 N–H and O–H groups in total. The van der Waals surface area contributed by atoms with Gasteiger partial charge in [-0.05, 0) is 5.92 Å². The summed E-state index contributed by atoms with van der Waals surface area (Å²) in [5, 5.41) is 18.4. The van der Waals surface area contributed by atoms with E-state index in [0.717, 1.165) is 0 Å². The smallest absolute Gasteiger partial charge is 0.0985 e. The summed E-state index contributed by atoms with van der Waals surface area (Å²) < 4.78 is 0. The van der Waals surface area contributed by atoms with Gasteiger partial charge in [0.05, 0.1) is 12.2 Å². The van der Waals surface area contributed by atoms with E-state index < -0.39 is 12.2 Å². The molecule has 0 aromatic carbocycles. The first-order valence-electron chi connectivity index (χ1n) is 3.67. The topological polar surface area (TPSA) is 40.5 Å². The molecule has 0 fully saturated rings. The Labute approximate surface area is 61.2 Å². The minimum absolute atomic E-state index is 0.134. The fourth-order valence-corrected chi connectivity index (χ4v) is 1.31. The number of hydrogen-bond acceptors (Lipinski definition) is 2. The molecule has 1 aliphatic rings. The largest absolute Gasteiger partial charge is 0.389 e. The van der Waals surface area contributed by atoms with Crippen molar-refractivity contribution in [2.45, 2.75) is 26.1 Å². The van der Waals surface area contributed by atoms with Crippen LogP contribution >= 0.6 is 0 Å². The Morgan fingerprint density at radius 1 is 1.20 bits per heavy atom. The zero-order chi connectivity index (χ0) is 7.72. The third-order valence-electron chi connectivity index (χ3n) is 2.04. The second kappa shape index (κ2) is 2.72. The predicted molar refractivity (Wildman–Crippen MR) is 39.5 cm³/mol. The van der Waals surface area contributed by atoms with Crippen LogP contribution in [0.25, 0.3) is 0 Å². The second-order valence-electron chi connectivity index (χ2n) is 3.19. The van der Waals surface area contributed by atoms with Gasteiger partial charge in [0.1, 0.15) is 0 Å². The molecule has 0 aromatic rings. The SMILES string of the molecule is CC(C)C1C=CC(O)C1O. The molecule has 3 unspecified atom stereocenters. The summed E-state index contributed by atoms with van der Waals surface area (Å²) in [5.74, 6) is 0.540. The molecule has 0 amide bonds. The average Bonchev–Trinajstić information content (AvgIpc) is 2.14. The van der Waals surface area contributed by atoms with Gasteiger partial charge in [-0.15, -0.1) is 0 Å². The summed E-state index contributed by atoms with van der Waals surface area (Å²) in [6.45, 7) is 4.08. The van der Waals surface area contributed by atoms with E-state index in [-0.39, 0.29) is 5.92 Å².